The molecule has 1 aromatic rings. The van der Waals surface area contributed by atoms with Crippen LogP contribution in [0.25, 0.3) is 0 Å². The standard InChI is InChI=1S/C10H15ClN2OS/c1-13(9-3-2-8(11)15-9)5-10(4-12)6-14-7-10/h2-3H,4-7,12H2,1H3. The number of hydrogen-bond donors (Lipinski definition) is 1. The third-order valence-corrected chi connectivity index (χ3v) is 4.10. The maximum atomic E-state index is 5.90. The van der Waals surface area contributed by atoms with Gasteiger partial charge in [-0.05, 0) is 12.1 Å². The van der Waals surface area contributed by atoms with Crippen LogP contribution in [0, 0.1) is 5.41 Å². The molecule has 1 aliphatic rings. The van der Waals surface area contributed by atoms with Crippen molar-refractivity contribution in [1.82, 2.24) is 0 Å². The number of ether oxygens (including phenoxy) is 1. The second-order valence-electron chi connectivity index (χ2n) is 4.13. The summed E-state index contributed by atoms with van der Waals surface area (Å²) in [6.45, 7) is 3.15. The molecule has 0 aromatic carbocycles. The molecule has 0 atom stereocenters. The minimum absolute atomic E-state index is 0.144. The lowest BCUT2D eigenvalue weighted by Gasteiger charge is -2.43. The number of nitrogens with zero attached hydrogens (tertiary/aromatic N) is 1. The molecule has 2 N–H and O–H groups in total. The van der Waals surface area contributed by atoms with Crippen molar-refractivity contribution in [3.8, 4) is 0 Å². The van der Waals surface area contributed by atoms with E-state index >= 15 is 0 Å². The molecule has 3 nitrogen and oxygen atoms in total. The van der Waals surface area contributed by atoms with Crippen LogP contribution < -0.4 is 10.6 Å². The molecule has 84 valence electrons. The molecule has 0 unspecified atom stereocenters. The van der Waals surface area contributed by atoms with Gasteiger partial charge in [-0.1, -0.05) is 11.6 Å². The molecule has 0 saturated carbocycles. The Morgan fingerprint density at radius 2 is 2.33 bits per heavy atom. The SMILES string of the molecule is CN(CC1(CN)COC1)c1ccc(Cl)s1. The number of hydrogen-bond acceptors (Lipinski definition) is 4. The van der Waals surface area contributed by atoms with Gasteiger partial charge in [0.25, 0.3) is 0 Å². The zero-order chi connectivity index (χ0) is 10.9. The monoisotopic (exact) mass is 246 g/mol. The first-order valence-corrected chi connectivity index (χ1v) is 6.09. The van der Waals surface area contributed by atoms with Crippen molar-refractivity contribution in [1.29, 1.82) is 0 Å². The topological polar surface area (TPSA) is 38.5 Å². The Balaban J connectivity index is 1.99. The number of thiophene rings is 1. The van der Waals surface area contributed by atoms with Gasteiger partial charge in [0.2, 0.25) is 0 Å². The normalized spacial score (nSPS) is 18.6. The minimum Gasteiger partial charge on any atom is -0.380 e. The highest BCUT2D eigenvalue weighted by atomic mass is 35.5. The van der Waals surface area contributed by atoms with Crippen LogP contribution in [-0.4, -0.2) is 33.4 Å². The second kappa shape index (κ2) is 4.29. The van der Waals surface area contributed by atoms with Crippen LogP contribution in [0.5, 0.6) is 0 Å². The van der Waals surface area contributed by atoms with Crippen molar-refractivity contribution < 1.29 is 4.74 Å². The Hall–Kier alpha value is -0.290. The van der Waals surface area contributed by atoms with E-state index in [0.717, 1.165) is 24.1 Å². The van der Waals surface area contributed by atoms with E-state index in [-0.39, 0.29) is 5.41 Å². The molecule has 1 saturated heterocycles. The quantitative estimate of drug-likeness (QED) is 0.881. The fraction of sp³-hybridized carbons (Fsp3) is 0.600. The molecule has 0 bridgehead atoms. The van der Waals surface area contributed by atoms with Crippen LogP contribution in [0.2, 0.25) is 4.34 Å². The van der Waals surface area contributed by atoms with Crippen LogP contribution in [0.3, 0.4) is 0 Å². The summed E-state index contributed by atoms with van der Waals surface area (Å²) < 4.78 is 6.06. The number of anilines is 1. The van der Waals surface area contributed by atoms with Gasteiger partial charge < -0.3 is 15.4 Å². The molecule has 2 heterocycles. The van der Waals surface area contributed by atoms with Gasteiger partial charge in [0.05, 0.1) is 22.6 Å². The third kappa shape index (κ3) is 2.28. The van der Waals surface area contributed by atoms with Gasteiger partial charge in [-0.25, -0.2) is 0 Å². The Morgan fingerprint density at radius 3 is 2.73 bits per heavy atom. The van der Waals surface area contributed by atoms with E-state index in [1.807, 2.05) is 12.1 Å². The lowest BCUT2D eigenvalue weighted by molar-refractivity contribution is -0.101. The first kappa shape index (κ1) is 11.2. The fourth-order valence-electron chi connectivity index (χ4n) is 1.76. The lowest BCUT2D eigenvalue weighted by Crippen LogP contribution is -2.54. The first-order chi connectivity index (χ1) is 7.15. The predicted octanol–water partition coefficient (Wildman–Crippen LogP) is 1.81. The molecule has 0 aliphatic carbocycles. The molecule has 1 aliphatic heterocycles. The van der Waals surface area contributed by atoms with E-state index in [0.29, 0.717) is 6.54 Å². The van der Waals surface area contributed by atoms with Crippen LogP contribution in [-0.2, 0) is 4.74 Å². The van der Waals surface area contributed by atoms with Crippen LogP contribution in [0.4, 0.5) is 5.00 Å². The lowest BCUT2D eigenvalue weighted by atomic mass is 9.85. The van der Waals surface area contributed by atoms with Gasteiger partial charge in [0.1, 0.15) is 0 Å². The molecule has 1 fully saturated rings. The molecule has 5 heteroatoms. The highest BCUT2D eigenvalue weighted by Gasteiger charge is 2.38. The maximum Gasteiger partial charge on any atom is 0.0950 e. The average Bonchev–Trinajstić information content (AvgIpc) is 2.58. The highest BCUT2D eigenvalue weighted by Crippen LogP contribution is 2.33. The van der Waals surface area contributed by atoms with Gasteiger partial charge in [0.15, 0.2) is 0 Å². The maximum absolute atomic E-state index is 5.90. The Kier molecular flexibility index (Phi) is 3.21. The van der Waals surface area contributed by atoms with Crippen molar-refractivity contribution >= 4 is 27.9 Å². The Bertz CT molecular complexity index is 332. The summed E-state index contributed by atoms with van der Waals surface area (Å²) in [6, 6.07) is 3.96. The van der Waals surface area contributed by atoms with E-state index in [4.69, 9.17) is 22.1 Å². The van der Waals surface area contributed by atoms with Gasteiger partial charge in [-0.2, -0.15) is 0 Å². The van der Waals surface area contributed by atoms with Crippen LogP contribution >= 0.6 is 22.9 Å². The van der Waals surface area contributed by atoms with Gasteiger partial charge in [-0.15, -0.1) is 11.3 Å². The minimum atomic E-state index is 0.144. The summed E-state index contributed by atoms with van der Waals surface area (Å²) in [5, 5.41) is 1.18. The van der Waals surface area contributed by atoms with Gasteiger partial charge in [-0.3, -0.25) is 0 Å². The molecule has 0 amide bonds. The summed E-state index contributed by atoms with van der Waals surface area (Å²) in [6.07, 6.45) is 0. The molecule has 15 heavy (non-hydrogen) atoms. The third-order valence-electron chi connectivity index (χ3n) is 2.76. The zero-order valence-electron chi connectivity index (χ0n) is 8.70. The van der Waals surface area contributed by atoms with Gasteiger partial charge >= 0.3 is 0 Å². The first-order valence-electron chi connectivity index (χ1n) is 4.89. The van der Waals surface area contributed by atoms with E-state index < -0.39 is 0 Å². The zero-order valence-corrected chi connectivity index (χ0v) is 10.3. The molecular formula is C10H15ClN2OS. The molecule has 0 radical (unpaired) electrons. The second-order valence-corrected chi connectivity index (χ2v) is 5.82. The number of nitrogens with two attached hydrogens (primary N) is 1. The summed E-state index contributed by atoms with van der Waals surface area (Å²) in [5.74, 6) is 0. The van der Waals surface area contributed by atoms with Crippen molar-refractivity contribution in [3.63, 3.8) is 0 Å². The summed E-state index contributed by atoms with van der Waals surface area (Å²) >= 11 is 7.49. The molecule has 0 spiro atoms. The van der Waals surface area contributed by atoms with E-state index in [2.05, 4.69) is 11.9 Å². The molecular weight excluding hydrogens is 232 g/mol. The van der Waals surface area contributed by atoms with Crippen molar-refractivity contribution in [2.45, 2.75) is 0 Å². The van der Waals surface area contributed by atoms with Crippen molar-refractivity contribution in [3.05, 3.63) is 16.5 Å². The Morgan fingerprint density at radius 1 is 1.60 bits per heavy atom. The Labute approximate surface area is 98.8 Å². The van der Waals surface area contributed by atoms with Crippen LogP contribution in [0.1, 0.15) is 0 Å². The molecule has 1 aromatic heterocycles. The van der Waals surface area contributed by atoms with E-state index in [9.17, 15) is 0 Å². The highest BCUT2D eigenvalue weighted by molar-refractivity contribution is 7.19. The van der Waals surface area contributed by atoms with E-state index in [1.54, 1.807) is 11.3 Å². The summed E-state index contributed by atoms with van der Waals surface area (Å²) in [7, 11) is 2.07. The largest absolute Gasteiger partial charge is 0.380 e. The predicted molar refractivity (Wildman–Crippen MR) is 64.9 cm³/mol. The smallest absolute Gasteiger partial charge is 0.0950 e. The fourth-order valence-corrected chi connectivity index (χ4v) is 2.75. The molecule has 2 rings (SSSR count). The van der Waals surface area contributed by atoms with Gasteiger partial charge in [0, 0.05) is 25.6 Å². The number of rotatable bonds is 4. The summed E-state index contributed by atoms with van der Waals surface area (Å²) in [5.41, 5.74) is 5.92. The van der Waals surface area contributed by atoms with Crippen molar-refractivity contribution in [2.75, 3.05) is 38.3 Å². The van der Waals surface area contributed by atoms with Crippen molar-refractivity contribution in [2.24, 2.45) is 11.1 Å². The van der Waals surface area contributed by atoms with Crippen LogP contribution in [0.15, 0.2) is 12.1 Å². The average molecular weight is 247 g/mol. The summed E-state index contributed by atoms with van der Waals surface area (Å²) in [4.78, 5) is 2.20. The number of halogens is 1. The van der Waals surface area contributed by atoms with E-state index in [1.165, 1.54) is 5.00 Å².